The molecule has 0 aliphatic carbocycles. The van der Waals surface area contributed by atoms with E-state index >= 15 is 0 Å². The standard InChI is InChI=1S/C17H20N2O5S/c1-3-11-6-4-5-7-13(11)19-15(21)8-14(16(19)22)25-9-12(17(23)24)18-10(2)20/h4-7,12,14H,3,8-9H2,1-2H3,(H,18,20)(H,23,24)/t12-,14+/m0/s1. The van der Waals surface area contributed by atoms with Crippen LogP contribution in [0.5, 0.6) is 0 Å². The molecule has 25 heavy (non-hydrogen) atoms. The molecule has 0 spiro atoms. The summed E-state index contributed by atoms with van der Waals surface area (Å²) in [6, 6.07) is 6.13. The number of hydrogen-bond donors (Lipinski definition) is 2. The molecule has 2 rings (SSSR count). The second kappa shape index (κ2) is 8.15. The molecule has 0 saturated carbocycles. The number of carbonyl (C=O) groups is 4. The van der Waals surface area contributed by atoms with Gasteiger partial charge in [0.15, 0.2) is 0 Å². The fourth-order valence-corrected chi connectivity index (χ4v) is 3.81. The van der Waals surface area contributed by atoms with Gasteiger partial charge in [-0.05, 0) is 18.1 Å². The quantitative estimate of drug-likeness (QED) is 0.705. The number of aliphatic carboxylic acids is 1. The maximum absolute atomic E-state index is 12.6. The summed E-state index contributed by atoms with van der Waals surface area (Å²) in [6.45, 7) is 3.18. The van der Waals surface area contributed by atoms with Gasteiger partial charge >= 0.3 is 5.97 Å². The second-order valence-electron chi connectivity index (χ2n) is 5.67. The average molecular weight is 364 g/mol. The first kappa shape index (κ1) is 19.0. The topological polar surface area (TPSA) is 104 Å². The fraction of sp³-hybridized carbons (Fsp3) is 0.412. The lowest BCUT2D eigenvalue weighted by Crippen LogP contribution is -2.42. The number of rotatable bonds is 7. The maximum atomic E-state index is 12.6. The Bertz CT molecular complexity index is 706. The number of thioether (sulfide) groups is 1. The summed E-state index contributed by atoms with van der Waals surface area (Å²) < 4.78 is 0. The van der Waals surface area contributed by atoms with Gasteiger partial charge in [-0.25, -0.2) is 9.69 Å². The molecule has 7 nitrogen and oxygen atoms in total. The number of carboxylic acids is 1. The number of amides is 3. The van der Waals surface area contributed by atoms with Crippen molar-refractivity contribution in [1.82, 2.24) is 5.32 Å². The molecular weight excluding hydrogens is 344 g/mol. The highest BCUT2D eigenvalue weighted by Crippen LogP contribution is 2.32. The smallest absolute Gasteiger partial charge is 0.327 e. The summed E-state index contributed by atoms with van der Waals surface area (Å²) in [7, 11) is 0. The molecule has 0 aromatic heterocycles. The van der Waals surface area contributed by atoms with Crippen LogP contribution in [-0.4, -0.2) is 45.8 Å². The van der Waals surface area contributed by atoms with Crippen molar-refractivity contribution >= 4 is 41.1 Å². The number of nitrogens with one attached hydrogen (secondary N) is 1. The zero-order valence-electron chi connectivity index (χ0n) is 14.0. The van der Waals surface area contributed by atoms with Gasteiger partial charge in [-0.1, -0.05) is 25.1 Å². The van der Waals surface area contributed by atoms with Crippen molar-refractivity contribution in [3.63, 3.8) is 0 Å². The van der Waals surface area contributed by atoms with E-state index in [1.807, 2.05) is 19.1 Å². The molecule has 0 unspecified atom stereocenters. The van der Waals surface area contributed by atoms with Crippen LogP contribution in [0.2, 0.25) is 0 Å². The van der Waals surface area contributed by atoms with Crippen LogP contribution in [0, 0.1) is 0 Å². The highest BCUT2D eigenvalue weighted by Gasteiger charge is 2.41. The molecule has 1 aliphatic rings. The monoisotopic (exact) mass is 364 g/mol. The van der Waals surface area contributed by atoms with Crippen molar-refractivity contribution in [2.45, 2.75) is 38.0 Å². The molecule has 1 saturated heterocycles. The minimum Gasteiger partial charge on any atom is -0.480 e. The molecule has 1 aliphatic heterocycles. The van der Waals surface area contributed by atoms with Gasteiger partial charge in [0.1, 0.15) is 6.04 Å². The van der Waals surface area contributed by atoms with Gasteiger partial charge in [0, 0.05) is 19.1 Å². The Morgan fingerprint density at radius 1 is 1.36 bits per heavy atom. The Morgan fingerprint density at radius 3 is 2.64 bits per heavy atom. The predicted octanol–water partition coefficient (Wildman–Crippen LogP) is 1.20. The summed E-state index contributed by atoms with van der Waals surface area (Å²) >= 11 is 1.08. The molecule has 8 heteroatoms. The van der Waals surface area contributed by atoms with Crippen LogP contribution < -0.4 is 10.2 Å². The number of hydrogen-bond acceptors (Lipinski definition) is 5. The van der Waals surface area contributed by atoms with Crippen LogP contribution in [-0.2, 0) is 25.6 Å². The number of aryl methyl sites for hydroxylation is 1. The Hall–Kier alpha value is -2.35. The highest BCUT2D eigenvalue weighted by molar-refractivity contribution is 8.00. The van der Waals surface area contributed by atoms with E-state index < -0.39 is 23.2 Å². The molecule has 0 radical (unpaired) electrons. The van der Waals surface area contributed by atoms with Crippen molar-refractivity contribution in [2.24, 2.45) is 0 Å². The van der Waals surface area contributed by atoms with Crippen molar-refractivity contribution in [2.75, 3.05) is 10.7 Å². The number of carbonyl (C=O) groups excluding carboxylic acids is 3. The molecular formula is C17H20N2O5S. The van der Waals surface area contributed by atoms with Gasteiger partial charge in [-0.2, -0.15) is 0 Å². The van der Waals surface area contributed by atoms with Crippen LogP contribution >= 0.6 is 11.8 Å². The summed E-state index contributed by atoms with van der Waals surface area (Å²) in [5.41, 5.74) is 1.48. The highest BCUT2D eigenvalue weighted by atomic mass is 32.2. The summed E-state index contributed by atoms with van der Waals surface area (Å²) in [6.07, 6.45) is 0.711. The lowest BCUT2D eigenvalue weighted by molar-refractivity contribution is -0.140. The van der Waals surface area contributed by atoms with Gasteiger partial charge in [0.25, 0.3) is 0 Å². The van der Waals surface area contributed by atoms with Gasteiger partial charge in [0.05, 0.1) is 10.9 Å². The number of para-hydroxylation sites is 1. The first-order valence-electron chi connectivity index (χ1n) is 7.91. The van der Waals surface area contributed by atoms with Gasteiger partial charge in [-0.3, -0.25) is 14.4 Å². The van der Waals surface area contributed by atoms with Gasteiger partial charge in [-0.15, -0.1) is 11.8 Å². The molecule has 134 valence electrons. The van der Waals surface area contributed by atoms with E-state index in [0.29, 0.717) is 12.1 Å². The minimum atomic E-state index is -1.17. The largest absolute Gasteiger partial charge is 0.480 e. The zero-order valence-corrected chi connectivity index (χ0v) is 14.8. The number of imide groups is 1. The molecule has 2 N–H and O–H groups in total. The lowest BCUT2D eigenvalue weighted by Gasteiger charge is -2.19. The number of carboxylic acid groups (broad SMARTS) is 1. The van der Waals surface area contributed by atoms with E-state index in [4.69, 9.17) is 5.11 Å². The maximum Gasteiger partial charge on any atom is 0.327 e. The third-order valence-corrected chi connectivity index (χ3v) is 5.15. The number of nitrogens with zero attached hydrogens (tertiary/aromatic N) is 1. The minimum absolute atomic E-state index is 0.0157. The van der Waals surface area contributed by atoms with Crippen molar-refractivity contribution in [1.29, 1.82) is 0 Å². The Balaban J connectivity index is 2.10. The van der Waals surface area contributed by atoms with Crippen LogP contribution in [0.1, 0.15) is 25.8 Å². The van der Waals surface area contributed by atoms with Crippen molar-refractivity contribution in [3.8, 4) is 0 Å². The summed E-state index contributed by atoms with van der Waals surface area (Å²) in [5.74, 6) is -2.26. The van der Waals surface area contributed by atoms with E-state index in [9.17, 15) is 19.2 Å². The molecule has 3 amide bonds. The Kier molecular flexibility index (Phi) is 6.19. The molecule has 1 aromatic rings. The Labute approximate surface area is 149 Å². The number of benzene rings is 1. The van der Waals surface area contributed by atoms with E-state index in [-0.39, 0.29) is 24.0 Å². The molecule has 1 heterocycles. The second-order valence-corrected chi connectivity index (χ2v) is 6.90. The zero-order chi connectivity index (χ0) is 18.6. The molecule has 1 fully saturated rings. The van der Waals surface area contributed by atoms with Crippen LogP contribution in [0.4, 0.5) is 5.69 Å². The first-order chi connectivity index (χ1) is 11.8. The summed E-state index contributed by atoms with van der Waals surface area (Å²) in [5, 5.41) is 10.8. The predicted molar refractivity (Wildman–Crippen MR) is 94.4 cm³/mol. The SMILES string of the molecule is CCc1ccccc1N1C(=O)C[C@@H](SC[C@H](NC(C)=O)C(=O)O)C1=O. The van der Waals surface area contributed by atoms with E-state index in [0.717, 1.165) is 17.3 Å². The first-order valence-corrected chi connectivity index (χ1v) is 8.96. The van der Waals surface area contributed by atoms with E-state index in [1.165, 1.54) is 11.8 Å². The average Bonchev–Trinajstić information content (AvgIpc) is 2.84. The van der Waals surface area contributed by atoms with Crippen LogP contribution in [0.15, 0.2) is 24.3 Å². The van der Waals surface area contributed by atoms with E-state index in [1.54, 1.807) is 12.1 Å². The third kappa shape index (κ3) is 4.39. The number of anilines is 1. The van der Waals surface area contributed by atoms with Crippen LogP contribution in [0.25, 0.3) is 0 Å². The van der Waals surface area contributed by atoms with Gasteiger partial charge in [0.2, 0.25) is 17.7 Å². The molecule has 0 bridgehead atoms. The Morgan fingerprint density at radius 2 is 2.04 bits per heavy atom. The normalized spacial score (nSPS) is 18.3. The molecule has 2 atom stereocenters. The van der Waals surface area contributed by atoms with E-state index in [2.05, 4.69) is 5.32 Å². The van der Waals surface area contributed by atoms with Crippen molar-refractivity contribution in [3.05, 3.63) is 29.8 Å². The third-order valence-electron chi connectivity index (χ3n) is 3.86. The van der Waals surface area contributed by atoms with Crippen LogP contribution in [0.3, 0.4) is 0 Å². The lowest BCUT2D eigenvalue weighted by atomic mass is 10.1. The van der Waals surface area contributed by atoms with Crippen molar-refractivity contribution < 1.29 is 24.3 Å². The fourth-order valence-electron chi connectivity index (χ4n) is 2.65. The van der Waals surface area contributed by atoms with Gasteiger partial charge < -0.3 is 10.4 Å². The summed E-state index contributed by atoms with van der Waals surface area (Å²) in [4.78, 5) is 48.4. The molecule has 1 aromatic carbocycles.